The van der Waals surface area contributed by atoms with Gasteiger partial charge in [-0.15, -0.1) is 0 Å². The highest BCUT2D eigenvalue weighted by Crippen LogP contribution is 2.19. The fourth-order valence-corrected chi connectivity index (χ4v) is 3.90. The summed E-state index contributed by atoms with van der Waals surface area (Å²) in [6.07, 6.45) is 1.59. The van der Waals surface area contributed by atoms with Crippen LogP contribution < -0.4 is 38.9 Å². The average Bonchev–Trinajstić information content (AvgIpc) is 3.29. The molecule has 0 aliphatic rings. The van der Waals surface area contributed by atoms with E-state index < -0.39 is 53.8 Å². The van der Waals surface area contributed by atoms with Gasteiger partial charge in [0.15, 0.2) is 5.96 Å². The van der Waals surface area contributed by atoms with Gasteiger partial charge in [0.05, 0.1) is 6.04 Å². The number of carbonyl (C=O) groups is 5. The van der Waals surface area contributed by atoms with E-state index in [2.05, 4.69) is 25.9 Å². The number of hydrogen-bond acceptors (Lipinski definition) is 7. The number of primary amides is 1. The first-order valence-corrected chi connectivity index (χ1v) is 12.7. The van der Waals surface area contributed by atoms with E-state index in [1.165, 1.54) is 6.92 Å². The van der Waals surface area contributed by atoms with Crippen molar-refractivity contribution in [2.45, 2.75) is 63.2 Å². The Labute approximate surface area is 230 Å². The van der Waals surface area contributed by atoms with E-state index in [-0.39, 0.29) is 44.6 Å². The second kappa shape index (κ2) is 15.1. The van der Waals surface area contributed by atoms with Crippen LogP contribution in [0.4, 0.5) is 0 Å². The molecular weight excluding hydrogens is 522 g/mol. The molecule has 0 aliphatic carbocycles. The SMILES string of the molecule is CC(N)C(=O)NC(CCC(N)=O)C(=O)NC(CCCN=C(N)N)C(=O)NC(Cc1c[nH]c2ccccc12)C(=O)O. The number of aliphatic imine (C=N–C) groups is 1. The summed E-state index contributed by atoms with van der Waals surface area (Å²) in [6.45, 7) is 1.56. The van der Waals surface area contributed by atoms with Gasteiger partial charge in [-0.3, -0.25) is 24.2 Å². The van der Waals surface area contributed by atoms with Gasteiger partial charge in [-0.2, -0.15) is 0 Å². The number of guanidine groups is 1. The molecule has 40 heavy (non-hydrogen) atoms. The predicted octanol–water partition coefficient (Wildman–Crippen LogP) is -2.08. The number of amides is 4. The van der Waals surface area contributed by atoms with E-state index in [9.17, 15) is 29.1 Å². The number of rotatable bonds is 16. The lowest BCUT2D eigenvalue weighted by atomic mass is 10.0. The molecule has 1 aromatic heterocycles. The summed E-state index contributed by atoms with van der Waals surface area (Å²) < 4.78 is 0. The summed E-state index contributed by atoms with van der Waals surface area (Å²) in [5.74, 6) is -4.31. The Morgan fingerprint density at radius 1 is 0.925 bits per heavy atom. The molecule has 1 heterocycles. The molecule has 4 unspecified atom stereocenters. The normalized spacial score (nSPS) is 13.8. The number of para-hydroxylation sites is 1. The van der Waals surface area contributed by atoms with E-state index in [0.717, 1.165) is 10.9 Å². The van der Waals surface area contributed by atoms with Gasteiger partial charge >= 0.3 is 5.97 Å². The van der Waals surface area contributed by atoms with Crippen LogP contribution >= 0.6 is 0 Å². The molecule has 2 rings (SSSR count). The lowest BCUT2D eigenvalue weighted by Crippen LogP contribution is -2.57. The third kappa shape index (κ3) is 9.90. The molecule has 0 saturated heterocycles. The molecule has 0 bridgehead atoms. The van der Waals surface area contributed by atoms with E-state index in [1.54, 1.807) is 6.20 Å². The molecule has 2 aromatic rings. The number of aromatic nitrogens is 1. The molecule has 0 fully saturated rings. The number of aliphatic carboxylic acids is 1. The standard InChI is InChI=1S/C25H37N9O6/c1-13(26)21(36)32-18(8-9-20(27)35)23(38)33-17(7-4-10-30-25(28)29)22(37)34-19(24(39)40)11-14-12-31-16-6-3-2-5-15(14)16/h2-3,5-6,12-13,17-19,31H,4,7-11,26H2,1H3,(H2,27,35)(H,32,36)(H,33,38)(H,34,37)(H,39,40)(H4,28,29,30). The van der Waals surface area contributed by atoms with Crippen LogP contribution in [0.2, 0.25) is 0 Å². The van der Waals surface area contributed by atoms with E-state index in [1.807, 2.05) is 24.3 Å². The Hall–Kier alpha value is -4.66. The number of carboxylic acid groups (broad SMARTS) is 1. The number of nitrogens with two attached hydrogens (primary N) is 4. The molecule has 218 valence electrons. The van der Waals surface area contributed by atoms with Gasteiger partial charge in [0.2, 0.25) is 23.6 Å². The minimum Gasteiger partial charge on any atom is -0.480 e. The number of aromatic amines is 1. The lowest BCUT2D eigenvalue weighted by Gasteiger charge is -2.25. The highest BCUT2D eigenvalue weighted by Gasteiger charge is 2.30. The van der Waals surface area contributed by atoms with Crippen molar-refractivity contribution < 1.29 is 29.1 Å². The molecular formula is C25H37N9O6. The second-order valence-corrected chi connectivity index (χ2v) is 9.33. The van der Waals surface area contributed by atoms with Gasteiger partial charge in [-0.05, 0) is 37.8 Å². The Balaban J connectivity index is 2.22. The third-order valence-electron chi connectivity index (χ3n) is 6.02. The monoisotopic (exact) mass is 559 g/mol. The number of benzene rings is 1. The fourth-order valence-electron chi connectivity index (χ4n) is 3.90. The summed E-state index contributed by atoms with van der Waals surface area (Å²) in [6, 6.07) is 2.63. The maximum Gasteiger partial charge on any atom is 0.326 e. The smallest absolute Gasteiger partial charge is 0.326 e. The Morgan fingerprint density at radius 2 is 1.52 bits per heavy atom. The van der Waals surface area contributed by atoms with E-state index in [0.29, 0.717) is 5.56 Å². The van der Waals surface area contributed by atoms with Crippen LogP contribution in [0, 0.1) is 0 Å². The predicted molar refractivity (Wildman–Crippen MR) is 147 cm³/mol. The number of nitrogens with one attached hydrogen (secondary N) is 4. The molecule has 1 aromatic carbocycles. The molecule has 0 aliphatic heterocycles. The van der Waals surface area contributed by atoms with Crippen LogP contribution in [-0.2, 0) is 30.4 Å². The van der Waals surface area contributed by atoms with Crippen molar-refractivity contribution in [3.63, 3.8) is 0 Å². The quantitative estimate of drug-likeness (QED) is 0.0619. The third-order valence-corrected chi connectivity index (χ3v) is 6.02. The Kier molecular flexibility index (Phi) is 11.9. The van der Waals surface area contributed by atoms with Crippen molar-refractivity contribution in [1.82, 2.24) is 20.9 Å². The number of nitrogens with zero attached hydrogens (tertiary/aromatic N) is 1. The van der Waals surface area contributed by atoms with Gasteiger partial charge in [-0.25, -0.2) is 4.79 Å². The number of carbonyl (C=O) groups excluding carboxylic acids is 4. The zero-order valence-corrected chi connectivity index (χ0v) is 22.2. The van der Waals surface area contributed by atoms with Crippen LogP contribution in [0.1, 0.15) is 38.2 Å². The van der Waals surface area contributed by atoms with Gasteiger partial charge in [0.1, 0.15) is 18.1 Å². The van der Waals surface area contributed by atoms with Crippen LogP contribution in [0.15, 0.2) is 35.5 Å². The first kappa shape index (κ1) is 31.6. The highest BCUT2D eigenvalue weighted by atomic mass is 16.4. The van der Waals surface area contributed by atoms with Crippen molar-refractivity contribution in [1.29, 1.82) is 0 Å². The van der Waals surface area contributed by atoms with E-state index in [4.69, 9.17) is 22.9 Å². The highest BCUT2D eigenvalue weighted by molar-refractivity contribution is 5.94. The molecule has 15 nitrogen and oxygen atoms in total. The van der Waals surface area contributed by atoms with Crippen molar-refractivity contribution in [2.75, 3.05) is 6.54 Å². The summed E-state index contributed by atoms with van der Waals surface area (Å²) in [5.41, 5.74) is 23.0. The van der Waals surface area contributed by atoms with Crippen LogP contribution in [0.25, 0.3) is 10.9 Å². The van der Waals surface area contributed by atoms with Gasteiger partial charge in [0, 0.05) is 36.5 Å². The lowest BCUT2D eigenvalue weighted by molar-refractivity contribution is -0.142. The zero-order chi connectivity index (χ0) is 29.8. The van der Waals surface area contributed by atoms with Crippen LogP contribution in [0.5, 0.6) is 0 Å². The minimum atomic E-state index is -1.31. The minimum absolute atomic E-state index is 0.0224. The first-order chi connectivity index (χ1) is 18.9. The van der Waals surface area contributed by atoms with Gasteiger partial charge in [0.25, 0.3) is 0 Å². The van der Waals surface area contributed by atoms with Gasteiger partial charge in [-0.1, -0.05) is 18.2 Å². The molecule has 0 saturated carbocycles. The molecule has 15 heteroatoms. The largest absolute Gasteiger partial charge is 0.480 e. The van der Waals surface area contributed by atoms with E-state index >= 15 is 0 Å². The topological polar surface area (TPSA) is 274 Å². The molecule has 4 atom stereocenters. The van der Waals surface area contributed by atoms with Crippen LogP contribution in [0.3, 0.4) is 0 Å². The summed E-state index contributed by atoms with van der Waals surface area (Å²) in [4.78, 5) is 68.8. The maximum atomic E-state index is 13.3. The molecule has 4 amide bonds. The zero-order valence-electron chi connectivity index (χ0n) is 22.2. The Morgan fingerprint density at radius 3 is 2.12 bits per heavy atom. The maximum absolute atomic E-state index is 13.3. The number of fused-ring (bicyclic) bond motifs is 1. The molecule has 0 radical (unpaired) electrons. The number of carboxylic acids is 1. The molecule has 13 N–H and O–H groups in total. The molecule has 0 spiro atoms. The summed E-state index contributed by atoms with van der Waals surface area (Å²) in [7, 11) is 0. The fraction of sp³-hybridized carbons (Fsp3) is 0.440. The van der Waals surface area contributed by atoms with Crippen molar-refractivity contribution in [3.8, 4) is 0 Å². The summed E-state index contributed by atoms with van der Waals surface area (Å²) in [5, 5.41) is 18.1. The number of H-pyrrole nitrogens is 1. The summed E-state index contributed by atoms with van der Waals surface area (Å²) >= 11 is 0. The second-order valence-electron chi connectivity index (χ2n) is 9.33. The van der Waals surface area contributed by atoms with Crippen molar-refractivity contribution in [2.24, 2.45) is 27.9 Å². The van der Waals surface area contributed by atoms with Crippen molar-refractivity contribution in [3.05, 3.63) is 36.0 Å². The number of hydrogen-bond donors (Lipinski definition) is 9. The van der Waals surface area contributed by atoms with Gasteiger partial charge < -0.3 is 49.0 Å². The Bertz CT molecular complexity index is 1240. The van der Waals surface area contributed by atoms with Crippen molar-refractivity contribution >= 4 is 46.5 Å². The van der Waals surface area contributed by atoms with Crippen LogP contribution in [-0.4, -0.2) is 76.4 Å². The first-order valence-electron chi connectivity index (χ1n) is 12.7. The average molecular weight is 560 g/mol.